The van der Waals surface area contributed by atoms with Gasteiger partial charge in [0.05, 0.1) is 12.1 Å². The van der Waals surface area contributed by atoms with Crippen molar-refractivity contribution in [1.29, 1.82) is 0 Å². The minimum Gasteiger partial charge on any atom is -0.343 e. The number of benzene rings is 1. The van der Waals surface area contributed by atoms with Crippen LogP contribution in [0.1, 0.15) is 15.9 Å². The predicted molar refractivity (Wildman–Crippen MR) is 94.8 cm³/mol. The summed E-state index contributed by atoms with van der Waals surface area (Å²) >= 11 is 0. The van der Waals surface area contributed by atoms with Gasteiger partial charge in [-0.3, -0.25) is 19.5 Å². The first-order valence-electron chi connectivity index (χ1n) is 8.55. The van der Waals surface area contributed by atoms with E-state index in [1.165, 1.54) is 18.2 Å². The zero-order valence-electron chi connectivity index (χ0n) is 14.4. The Balaban J connectivity index is 1.44. The van der Waals surface area contributed by atoms with Crippen LogP contribution >= 0.6 is 0 Å². The first-order chi connectivity index (χ1) is 12.6. The number of nitrogens with one attached hydrogen (secondary N) is 1. The number of halogens is 1. The number of piperazine rings is 1. The topological polar surface area (TPSA) is 65.5 Å². The minimum absolute atomic E-state index is 0.0541. The molecule has 1 saturated heterocycles. The van der Waals surface area contributed by atoms with Crippen LogP contribution in [0, 0.1) is 5.82 Å². The molecule has 2 amide bonds. The smallest absolute Gasteiger partial charge is 0.254 e. The maximum atomic E-state index is 13.6. The molecule has 0 aliphatic carbocycles. The number of hydrogen-bond donors (Lipinski definition) is 1. The van der Waals surface area contributed by atoms with Gasteiger partial charge in [0.15, 0.2) is 0 Å². The lowest BCUT2D eigenvalue weighted by atomic mass is 10.2. The van der Waals surface area contributed by atoms with E-state index in [1.807, 2.05) is 18.3 Å². The maximum Gasteiger partial charge on any atom is 0.254 e. The molecule has 0 radical (unpaired) electrons. The fourth-order valence-corrected chi connectivity index (χ4v) is 2.91. The molecular weight excluding hydrogens is 335 g/mol. The zero-order chi connectivity index (χ0) is 18.4. The second kappa shape index (κ2) is 8.53. The highest BCUT2D eigenvalue weighted by molar-refractivity contribution is 5.96. The van der Waals surface area contributed by atoms with Crippen molar-refractivity contribution in [2.45, 2.75) is 6.54 Å². The summed E-state index contributed by atoms with van der Waals surface area (Å²) in [4.78, 5) is 32.3. The maximum absolute atomic E-state index is 13.6. The molecule has 6 nitrogen and oxygen atoms in total. The fraction of sp³-hybridized carbons (Fsp3) is 0.316. The van der Waals surface area contributed by atoms with E-state index in [0.717, 1.165) is 25.2 Å². The number of carbonyl (C=O) groups is 2. The lowest BCUT2D eigenvalue weighted by molar-refractivity contribution is -0.131. The first-order valence-corrected chi connectivity index (χ1v) is 8.55. The van der Waals surface area contributed by atoms with Gasteiger partial charge in [0, 0.05) is 45.1 Å². The fourth-order valence-electron chi connectivity index (χ4n) is 2.91. The van der Waals surface area contributed by atoms with E-state index >= 15 is 0 Å². The number of carbonyl (C=O) groups excluding carboxylic acids is 2. The molecule has 0 bridgehead atoms. The Labute approximate surface area is 151 Å². The third-order valence-electron chi connectivity index (χ3n) is 4.37. The molecular formula is C19H21FN4O2. The summed E-state index contributed by atoms with van der Waals surface area (Å²) in [6.45, 7) is 3.42. The number of pyridine rings is 1. The number of nitrogens with zero attached hydrogens (tertiary/aromatic N) is 3. The predicted octanol–water partition coefficient (Wildman–Crippen LogP) is 1.29. The summed E-state index contributed by atoms with van der Waals surface area (Å²) in [5.41, 5.74) is 1.09. The Morgan fingerprint density at radius 2 is 1.85 bits per heavy atom. The molecule has 0 spiro atoms. The van der Waals surface area contributed by atoms with Gasteiger partial charge < -0.3 is 10.2 Å². The highest BCUT2D eigenvalue weighted by Crippen LogP contribution is 2.08. The van der Waals surface area contributed by atoms with Gasteiger partial charge in [0.25, 0.3) is 5.91 Å². The highest BCUT2D eigenvalue weighted by atomic mass is 19.1. The second-order valence-electron chi connectivity index (χ2n) is 6.18. The molecule has 1 N–H and O–H groups in total. The summed E-state index contributed by atoms with van der Waals surface area (Å²) in [6, 6.07) is 9.66. The van der Waals surface area contributed by atoms with Crippen LogP contribution in [0.5, 0.6) is 0 Å². The van der Waals surface area contributed by atoms with Crippen molar-refractivity contribution >= 4 is 11.8 Å². The Hall–Kier alpha value is -2.80. The molecule has 2 heterocycles. The summed E-state index contributed by atoms with van der Waals surface area (Å²) in [5.74, 6) is -1.33. The first kappa shape index (κ1) is 18.0. The Bertz CT molecular complexity index is 761. The van der Waals surface area contributed by atoms with Gasteiger partial charge in [-0.2, -0.15) is 0 Å². The Morgan fingerprint density at radius 1 is 1.08 bits per heavy atom. The molecule has 2 aromatic rings. The number of hydrogen-bond acceptors (Lipinski definition) is 4. The van der Waals surface area contributed by atoms with Gasteiger partial charge in [-0.05, 0) is 23.8 Å². The molecule has 1 fully saturated rings. The number of aromatic nitrogens is 1. The van der Waals surface area contributed by atoms with Crippen molar-refractivity contribution in [2.24, 2.45) is 0 Å². The Kier molecular flexibility index (Phi) is 5.91. The van der Waals surface area contributed by atoms with Crippen LogP contribution in [-0.4, -0.2) is 59.3 Å². The van der Waals surface area contributed by atoms with E-state index < -0.39 is 11.7 Å². The third-order valence-corrected chi connectivity index (χ3v) is 4.37. The average Bonchev–Trinajstić information content (AvgIpc) is 2.67. The van der Waals surface area contributed by atoms with Gasteiger partial charge in [-0.25, -0.2) is 4.39 Å². The molecule has 1 aliphatic heterocycles. The van der Waals surface area contributed by atoms with Gasteiger partial charge in [0.2, 0.25) is 5.91 Å². The second-order valence-corrected chi connectivity index (χ2v) is 6.18. The monoisotopic (exact) mass is 356 g/mol. The molecule has 7 heteroatoms. The number of amides is 2. The summed E-state index contributed by atoms with van der Waals surface area (Å²) < 4.78 is 13.6. The van der Waals surface area contributed by atoms with Crippen LogP contribution in [0.3, 0.4) is 0 Å². The lowest BCUT2D eigenvalue weighted by Gasteiger charge is -2.34. The molecule has 1 aromatic heterocycles. The van der Waals surface area contributed by atoms with Crippen molar-refractivity contribution in [3.8, 4) is 0 Å². The molecule has 1 aliphatic rings. The van der Waals surface area contributed by atoms with Crippen molar-refractivity contribution in [3.63, 3.8) is 0 Å². The molecule has 0 unspecified atom stereocenters. The normalized spacial score (nSPS) is 14.9. The summed E-state index contributed by atoms with van der Waals surface area (Å²) in [7, 11) is 0. The van der Waals surface area contributed by atoms with Gasteiger partial charge >= 0.3 is 0 Å². The molecule has 136 valence electrons. The Morgan fingerprint density at radius 3 is 2.54 bits per heavy atom. The van der Waals surface area contributed by atoms with E-state index in [1.54, 1.807) is 17.2 Å². The SMILES string of the molecule is O=C(NCC(=O)N1CCN(Cc2cccnc2)CC1)c1ccccc1F. The molecule has 0 saturated carbocycles. The summed E-state index contributed by atoms with van der Waals surface area (Å²) in [6.07, 6.45) is 3.59. The lowest BCUT2D eigenvalue weighted by Crippen LogP contribution is -2.50. The average molecular weight is 356 g/mol. The van der Waals surface area contributed by atoms with Crippen LogP contribution in [0.25, 0.3) is 0 Å². The molecule has 0 atom stereocenters. The van der Waals surface area contributed by atoms with E-state index in [4.69, 9.17) is 0 Å². The number of rotatable bonds is 5. The molecule has 26 heavy (non-hydrogen) atoms. The zero-order valence-corrected chi connectivity index (χ0v) is 14.4. The van der Waals surface area contributed by atoms with E-state index in [0.29, 0.717) is 13.1 Å². The van der Waals surface area contributed by atoms with Crippen molar-refractivity contribution in [1.82, 2.24) is 20.1 Å². The van der Waals surface area contributed by atoms with E-state index in [2.05, 4.69) is 15.2 Å². The quantitative estimate of drug-likeness (QED) is 0.877. The highest BCUT2D eigenvalue weighted by Gasteiger charge is 2.22. The van der Waals surface area contributed by atoms with Gasteiger partial charge in [-0.15, -0.1) is 0 Å². The third kappa shape index (κ3) is 4.64. The van der Waals surface area contributed by atoms with E-state index in [9.17, 15) is 14.0 Å². The van der Waals surface area contributed by atoms with Crippen LogP contribution in [0.15, 0.2) is 48.8 Å². The minimum atomic E-state index is -0.596. The van der Waals surface area contributed by atoms with Gasteiger partial charge in [0.1, 0.15) is 5.82 Å². The standard InChI is InChI=1S/C19H21FN4O2/c20-17-6-2-1-5-16(17)19(26)22-13-18(25)24-10-8-23(9-11-24)14-15-4-3-7-21-12-15/h1-7,12H,8-11,13-14H2,(H,22,26). The molecule has 1 aromatic carbocycles. The van der Waals surface area contributed by atoms with E-state index in [-0.39, 0.29) is 18.0 Å². The molecule has 3 rings (SSSR count). The van der Waals surface area contributed by atoms with Crippen LogP contribution in [0.4, 0.5) is 4.39 Å². The van der Waals surface area contributed by atoms with Crippen LogP contribution in [-0.2, 0) is 11.3 Å². The largest absolute Gasteiger partial charge is 0.343 e. The van der Waals surface area contributed by atoms with Crippen molar-refractivity contribution < 1.29 is 14.0 Å². The van der Waals surface area contributed by atoms with Crippen molar-refractivity contribution in [3.05, 3.63) is 65.7 Å². The van der Waals surface area contributed by atoms with Crippen LogP contribution < -0.4 is 5.32 Å². The van der Waals surface area contributed by atoms with Crippen molar-refractivity contribution in [2.75, 3.05) is 32.7 Å². The van der Waals surface area contributed by atoms with Gasteiger partial charge in [-0.1, -0.05) is 18.2 Å². The summed E-state index contributed by atoms with van der Waals surface area (Å²) in [5, 5.41) is 2.50. The van der Waals surface area contributed by atoms with Crippen LogP contribution in [0.2, 0.25) is 0 Å².